The van der Waals surface area contributed by atoms with E-state index in [1.54, 1.807) is 19.2 Å². The van der Waals surface area contributed by atoms with Crippen molar-refractivity contribution >= 4 is 17.7 Å². The van der Waals surface area contributed by atoms with Gasteiger partial charge in [0.2, 0.25) is 5.91 Å². The van der Waals surface area contributed by atoms with Gasteiger partial charge in [0.25, 0.3) is 0 Å². The van der Waals surface area contributed by atoms with E-state index < -0.39 is 5.97 Å². The van der Waals surface area contributed by atoms with Crippen LogP contribution in [0.3, 0.4) is 0 Å². The van der Waals surface area contributed by atoms with Gasteiger partial charge in [0.1, 0.15) is 11.4 Å². The topological polar surface area (TPSA) is 89.5 Å². The van der Waals surface area contributed by atoms with Gasteiger partial charge in [0, 0.05) is 19.9 Å². The molecule has 1 amide bonds. The number of aromatic nitrogens is 1. The summed E-state index contributed by atoms with van der Waals surface area (Å²) in [6, 6.07) is 3.19. The van der Waals surface area contributed by atoms with Crippen LogP contribution in [0.4, 0.5) is 5.82 Å². The lowest BCUT2D eigenvalue weighted by Crippen LogP contribution is -2.32. The van der Waals surface area contributed by atoms with Crippen molar-refractivity contribution in [1.29, 1.82) is 0 Å². The van der Waals surface area contributed by atoms with Crippen LogP contribution in [0.25, 0.3) is 0 Å². The van der Waals surface area contributed by atoms with E-state index >= 15 is 0 Å². The predicted molar refractivity (Wildman–Crippen MR) is 69.0 cm³/mol. The van der Waals surface area contributed by atoms with Crippen LogP contribution >= 0.6 is 0 Å². The molecule has 1 rings (SSSR count). The summed E-state index contributed by atoms with van der Waals surface area (Å²) in [6.45, 7) is 0.899. The third-order valence-corrected chi connectivity index (χ3v) is 2.26. The van der Waals surface area contributed by atoms with Crippen LogP contribution in [0.2, 0.25) is 0 Å². The highest BCUT2D eigenvalue weighted by molar-refractivity contribution is 5.95. The van der Waals surface area contributed by atoms with Gasteiger partial charge in [-0.25, -0.2) is 9.78 Å². The van der Waals surface area contributed by atoms with E-state index in [9.17, 15) is 9.59 Å². The molecule has 0 aliphatic heterocycles. The lowest BCUT2D eigenvalue weighted by molar-refractivity contribution is -0.119. The molecule has 1 heterocycles. The normalized spacial score (nSPS) is 9.79. The molecule has 2 N–H and O–H groups in total. The summed E-state index contributed by atoms with van der Waals surface area (Å²) in [5.41, 5.74) is 0.287. The van der Waals surface area contributed by atoms with Crippen molar-refractivity contribution in [2.75, 3.05) is 39.2 Å². The Hall–Kier alpha value is -2.15. The van der Waals surface area contributed by atoms with Gasteiger partial charge in [0.05, 0.1) is 20.3 Å². The monoisotopic (exact) mass is 267 g/mol. The van der Waals surface area contributed by atoms with Gasteiger partial charge in [-0.1, -0.05) is 0 Å². The van der Waals surface area contributed by atoms with Crippen molar-refractivity contribution in [2.24, 2.45) is 0 Å². The zero-order valence-electron chi connectivity index (χ0n) is 10.9. The zero-order valence-corrected chi connectivity index (χ0v) is 10.9. The van der Waals surface area contributed by atoms with Crippen LogP contribution in [0, 0.1) is 0 Å². The smallest absolute Gasteiger partial charge is 0.341 e. The predicted octanol–water partition coefficient (Wildman–Crippen LogP) is 0.0427. The average Bonchev–Trinajstić information content (AvgIpc) is 2.45. The van der Waals surface area contributed by atoms with Gasteiger partial charge < -0.3 is 20.1 Å². The lowest BCUT2D eigenvalue weighted by Gasteiger charge is -2.09. The van der Waals surface area contributed by atoms with E-state index in [2.05, 4.69) is 20.4 Å². The molecule has 0 spiro atoms. The largest absolute Gasteiger partial charge is 0.465 e. The number of nitrogens with one attached hydrogen (secondary N) is 2. The standard InChI is InChI=1S/C12H17N3O4/c1-18-7-6-13-10(16)8-15-11-9(12(17)19-2)4-3-5-14-11/h3-5H,6-8H2,1-2H3,(H,13,16)(H,14,15). The summed E-state index contributed by atoms with van der Waals surface area (Å²) < 4.78 is 9.44. The number of anilines is 1. The fourth-order valence-corrected chi connectivity index (χ4v) is 1.34. The molecule has 0 radical (unpaired) electrons. The van der Waals surface area contributed by atoms with Gasteiger partial charge in [0.15, 0.2) is 0 Å². The summed E-state index contributed by atoms with van der Waals surface area (Å²) in [5, 5.41) is 5.44. The molecule has 0 aliphatic carbocycles. The SMILES string of the molecule is COCCNC(=O)CNc1ncccc1C(=O)OC. The molecule has 7 nitrogen and oxygen atoms in total. The summed E-state index contributed by atoms with van der Waals surface area (Å²) >= 11 is 0. The molecule has 0 bridgehead atoms. The Morgan fingerprint density at radius 2 is 2.16 bits per heavy atom. The first kappa shape index (κ1) is 14.9. The van der Waals surface area contributed by atoms with Crippen LogP contribution in [-0.4, -0.2) is 50.8 Å². The molecule has 104 valence electrons. The van der Waals surface area contributed by atoms with E-state index in [1.165, 1.54) is 13.3 Å². The Bertz CT molecular complexity index is 437. The summed E-state index contributed by atoms with van der Waals surface area (Å²) in [6.07, 6.45) is 1.53. The second kappa shape index (κ2) is 8.04. The molecular weight excluding hydrogens is 250 g/mol. The van der Waals surface area contributed by atoms with E-state index in [0.717, 1.165) is 0 Å². The Kier molecular flexibility index (Phi) is 6.31. The van der Waals surface area contributed by atoms with Crippen LogP contribution in [0.5, 0.6) is 0 Å². The Balaban J connectivity index is 2.53. The maximum absolute atomic E-state index is 11.5. The van der Waals surface area contributed by atoms with Crippen LogP contribution in [0.1, 0.15) is 10.4 Å². The molecule has 0 unspecified atom stereocenters. The molecule has 0 saturated heterocycles. The Morgan fingerprint density at radius 1 is 1.37 bits per heavy atom. The number of pyridine rings is 1. The highest BCUT2D eigenvalue weighted by Gasteiger charge is 2.12. The van der Waals surface area contributed by atoms with E-state index in [1.807, 2.05) is 0 Å². The number of esters is 1. The van der Waals surface area contributed by atoms with Crippen molar-refractivity contribution in [2.45, 2.75) is 0 Å². The lowest BCUT2D eigenvalue weighted by atomic mass is 10.2. The molecule has 0 saturated carbocycles. The maximum Gasteiger partial charge on any atom is 0.341 e. The number of hydrogen-bond acceptors (Lipinski definition) is 6. The highest BCUT2D eigenvalue weighted by Crippen LogP contribution is 2.11. The minimum Gasteiger partial charge on any atom is -0.465 e. The van der Waals surface area contributed by atoms with Gasteiger partial charge in [-0.2, -0.15) is 0 Å². The molecule has 19 heavy (non-hydrogen) atoms. The second-order valence-electron chi connectivity index (χ2n) is 3.59. The minimum absolute atomic E-state index is 0.0186. The number of amides is 1. The van der Waals surface area contributed by atoms with Gasteiger partial charge in [-0.05, 0) is 12.1 Å². The van der Waals surface area contributed by atoms with Crippen LogP contribution in [-0.2, 0) is 14.3 Å². The molecule has 0 aromatic carbocycles. The summed E-state index contributed by atoms with van der Waals surface area (Å²) in [5.74, 6) is -0.398. The first-order chi connectivity index (χ1) is 9.19. The maximum atomic E-state index is 11.5. The molecule has 7 heteroatoms. The van der Waals surface area contributed by atoms with Crippen LogP contribution in [0.15, 0.2) is 18.3 Å². The Labute approximate surface area is 111 Å². The third kappa shape index (κ3) is 4.92. The zero-order chi connectivity index (χ0) is 14.1. The van der Waals surface area contributed by atoms with Crippen molar-refractivity contribution in [3.8, 4) is 0 Å². The fourth-order valence-electron chi connectivity index (χ4n) is 1.34. The minimum atomic E-state index is -0.504. The number of carbonyl (C=O) groups excluding carboxylic acids is 2. The quantitative estimate of drug-likeness (QED) is 0.535. The molecule has 1 aromatic rings. The van der Waals surface area contributed by atoms with Crippen molar-refractivity contribution < 1.29 is 19.1 Å². The molecule has 0 aliphatic rings. The van der Waals surface area contributed by atoms with E-state index in [4.69, 9.17) is 4.74 Å². The first-order valence-corrected chi connectivity index (χ1v) is 5.72. The average molecular weight is 267 g/mol. The Morgan fingerprint density at radius 3 is 2.84 bits per heavy atom. The number of nitrogens with zero attached hydrogens (tertiary/aromatic N) is 1. The number of carbonyl (C=O) groups is 2. The van der Waals surface area contributed by atoms with Gasteiger partial charge in [-0.3, -0.25) is 4.79 Å². The highest BCUT2D eigenvalue weighted by atomic mass is 16.5. The molecule has 0 fully saturated rings. The molecule has 1 aromatic heterocycles. The fraction of sp³-hybridized carbons (Fsp3) is 0.417. The van der Waals surface area contributed by atoms with Crippen LogP contribution < -0.4 is 10.6 Å². The van der Waals surface area contributed by atoms with E-state index in [0.29, 0.717) is 19.0 Å². The van der Waals surface area contributed by atoms with Gasteiger partial charge in [-0.15, -0.1) is 0 Å². The second-order valence-corrected chi connectivity index (χ2v) is 3.59. The summed E-state index contributed by atoms with van der Waals surface area (Å²) in [7, 11) is 2.84. The summed E-state index contributed by atoms with van der Waals surface area (Å²) in [4.78, 5) is 26.9. The number of rotatable bonds is 7. The molecule has 0 atom stereocenters. The molecular formula is C12H17N3O4. The van der Waals surface area contributed by atoms with Crippen molar-refractivity contribution in [3.05, 3.63) is 23.9 Å². The number of hydrogen-bond donors (Lipinski definition) is 2. The number of methoxy groups -OCH3 is 2. The van der Waals surface area contributed by atoms with Crippen molar-refractivity contribution in [3.63, 3.8) is 0 Å². The van der Waals surface area contributed by atoms with E-state index in [-0.39, 0.29) is 18.0 Å². The first-order valence-electron chi connectivity index (χ1n) is 5.72. The third-order valence-electron chi connectivity index (χ3n) is 2.26. The number of ether oxygens (including phenoxy) is 2. The van der Waals surface area contributed by atoms with Crippen molar-refractivity contribution in [1.82, 2.24) is 10.3 Å². The van der Waals surface area contributed by atoms with Gasteiger partial charge >= 0.3 is 5.97 Å².